The summed E-state index contributed by atoms with van der Waals surface area (Å²) in [6.07, 6.45) is 4.97. The highest BCUT2D eigenvalue weighted by Gasteiger charge is 2.37. The number of rotatable bonds is 8. The van der Waals surface area contributed by atoms with Gasteiger partial charge >= 0.3 is 13.5 Å². The average Bonchev–Trinajstić information content (AvgIpc) is 4.37. The fraction of sp³-hybridized carbons (Fsp3) is 0.273. The highest BCUT2D eigenvalue weighted by molar-refractivity contribution is 7.46. The van der Waals surface area contributed by atoms with Gasteiger partial charge in [0.15, 0.2) is 0 Å². The van der Waals surface area contributed by atoms with Gasteiger partial charge in [-0.2, -0.15) is 0 Å². The number of nitrogens with zero attached hydrogens (tertiary/aromatic N) is 3. The Hall–Kier alpha value is -7.81. The molecule has 8 bridgehead atoms. The van der Waals surface area contributed by atoms with Crippen LogP contribution in [0.25, 0.3) is 79.2 Å². The Morgan fingerprint density at radius 2 is 1.04 bits per heavy atom. The molecule has 4 aromatic carbocycles. The van der Waals surface area contributed by atoms with E-state index in [4.69, 9.17) is 24.5 Å². The number of hydrogen-bond acceptors (Lipinski definition) is 8. The van der Waals surface area contributed by atoms with Crippen molar-refractivity contribution in [2.24, 2.45) is 0 Å². The van der Waals surface area contributed by atoms with Crippen LogP contribution < -0.4 is 11.2 Å². The number of H-pyrrole nitrogens is 3. The Morgan fingerprint density at radius 1 is 0.568 bits per heavy atom. The van der Waals surface area contributed by atoms with E-state index in [9.17, 15) is 19.3 Å². The third-order valence-corrected chi connectivity index (χ3v) is 15.9. The summed E-state index contributed by atoms with van der Waals surface area (Å²) in [5.41, 5.74) is 31.2. The number of aliphatic hydroxyl groups is 1. The average molecular weight is 1110 g/mol. The van der Waals surface area contributed by atoms with E-state index in [0.29, 0.717) is 5.56 Å². The predicted molar refractivity (Wildman–Crippen MR) is 325 cm³/mol. The fourth-order valence-electron chi connectivity index (χ4n) is 12.5. The number of benzene rings is 4. The maximum atomic E-state index is 11.7. The monoisotopic (exact) mass is 1100 g/mol. The number of phosphoric acid groups is 1. The number of nitrogens with one attached hydrogen (secondary N) is 3. The van der Waals surface area contributed by atoms with Crippen LogP contribution in [0.5, 0.6) is 0 Å². The van der Waals surface area contributed by atoms with Gasteiger partial charge in [-0.25, -0.2) is 19.3 Å². The fourth-order valence-corrected chi connectivity index (χ4v) is 12.9. The topological polar surface area (TPSA) is 208 Å². The zero-order valence-electron chi connectivity index (χ0n) is 48.1. The smallest absolute Gasteiger partial charge is 0.390 e. The molecular formula is C66H69N6O8P. The lowest BCUT2D eigenvalue weighted by Gasteiger charge is -2.20. The van der Waals surface area contributed by atoms with Crippen LogP contribution in [0.3, 0.4) is 0 Å². The molecule has 0 radical (unpaired) electrons. The van der Waals surface area contributed by atoms with Crippen LogP contribution in [0.15, 0.2) is 94.6 Å². The summed E-state index contributed by atoms with van der Waals surface area (Å²) in [4.78, 5) is 61.1. The molecule has 14 nitrogen and oxygen atoms in total. The van der Waals surface area contributed by atoms with Crippen molar-refractivity contribution in [3.05, 3.63) is 207 Å². The van der Waals surface area contributed by atoms with Crippen LogP contribution in [0.1, 0.15) is 113 Å². The number of ether oxygens (including phenoxy) is 1. The minimum atomic E-state index is -4.67. The summed E-state index contributed by atoms with van der Waals surface area (Å²) in [6, 6.07) is 29.4. The van der Waals surface area contributed by atoms with Crippen LogP contribution in [-0.2, 0) is 13.8 Å². The molecule has 416 valence electrons. The number of fused-ring (bicyclic) bond motifs is 8. The van der Waals surface area contributed by atoms with Gasteiger partial charge in [-0.1, -0.05) is 70.8 Å². The zero-order valence-corrected chi connectivity index (χ0v) is 49.0. The van der Waals surface area contributed by atoms with Gasteiger partial charge in [0.2, 0.25) is 0 Å². The normalized spacial score (nSPS) is 16.0. The van der Waals surface area contributed by atoms with Crippen LogP contribution in [0.2, 0.25) is 0 Å². The number of hydrogen-bond donors (Lipinski definition) is 6. The van der Waals surface area contributed by atoms with Crippen molar-refractivity contribution in [3.63, 3.8) is 0 Å². The quantitative estimate of drug-likeness (QED) is 0.0793. The first kappa shape index (κ1) is 56.5. The molecule has 81 heavy (non-hydrogen) atoms. The van der Waals surface area contributed by atoms with Gasteiger partial charge in [0, 0.05) is 57.0 Å². The third kappa shape index (κ3) is 11.5. The van der Waals surface area contributed by atoms with E-state index in [0.717, 1.165) is 60.5 Å². The van der Waals surface area contributed by atoms with Gasteiger partial charge in [0.1, 0.15) is 12.3 Å². The summed E-state index contributed by atoms with van der Waals surface area (Å²) < 4.78 is 21.4. The first-order valence-electron chi connectivity index (χ1n) is 27.2. The van der Waals surface area contributed by atoms with E-state index < -0.39 is 44.1 Å². The molecule has 3 atom stereocenters. The molecule has 11 rings (SSSR count). The largest absolute Gasteiger partial charge is 0.469 e. The van der Waals surface area contributed by atoms with Crippen molar-refractivity contribution in [2.45, 2.75) is 115 Å². The Bertz CT molecular complexity index is 4230. The molecule has 1 saturated heterocycles. The first-order valence-corrected chi connectivity index (χ1v) is 28.7. The molecule has 8 aromatic rings. The SMILES string of the molecule is Cc1cc(C)c(C2=Cc3cc4ccc(cc5nc(cc6[nH]c(c(-c7c(C)cc(C)cc7C)c2n3)c(-c2c(C)cc(C)cc2C)c6-c2c(C)cc(C)cc2C)C=C5)[nH]4)c(C)c1.Cc1cn([C@H]2C[C@H](O)[C@@H](COP(=O)(O)O)O2)c(=O)[nH]c1=O. The Morgan fingerprint density at radius 3 is 1.56 bits per heavy atom. The van der Waals surface area contributed by atoms with E-state index in [2.05, 4.69) is 200 Å². The van der Waals surface area contributed by atoms with E-state index >= 15 is 0 Å². The summed E-state index contributed by atoms with van der Waals surface area (Å²) >= 11 is 0. The van der Waals surface area contributed by atoms with Gasteiger partial charge in [-0.3, -0.25) is 18.9 Å². The van der Waals surface area contributed by atoms with Crippen LogP contribution in [-0.4, -0.2) is 63.2 Å². The molecular weight excluding hydrogens is 1040 g/mol. The van der Waals surface area contributed by atoms with Crippen molar-refractivity contribution in [3.8, 4) is 33.4 Å². The van der Waals surface area contributed by atoms with Gasteiger partial charge in [0.05, 0.1) is 41.0 Å². The lowest BCUT2D eigenvalue weighted by Crippen LogP contribution is -2.33. The van der Waals surface area contributed by atoms with Crippen LogP contribution in [0, 0.1) is 90.0 Å². The Labute approximate surface area is 471 Å². The molecule has 3 aliphatic rings. The van der Waals surface area contributed by atoms with Crippen molar-refractivity contribution in [2.75, 3.05) is 6.61 Å². The molecule has 0 saturated carbocycles. The summed E-state index contributed by atoms with van der Waals surface area (Å²) in [7, 11) is -4.67. The van der Waals surface area contributed by atoms with E-state index in [1.807, 2.05) is 0 Å². The second-order valence-corrected chi connectivity index (χ2v) is 23.6. The number of phosphoric ester groups is 1. The van der Waals surface area contributed by atoms with Crippen LogP contribution >= 0.6 is 7.82 Å². The highest BCUT2D eigenvalue weighted by atomic mass is 31.2. The van der Waals surface area contributed by atoms with Gasteiger partial charge in [0.25, 0.3) is 5.56 Å². The molecule has 6 N–H and O–H groups in total. The number of aryl methyl sites for hydroxylation is 13. The minimum absolute atomic E-state index is 0.0283. The van der Waals surface area contributed by atoms with Crippen molar-refractivity contribution in [1.82, 2.24) is 29.5 Å². The highest BCUT2D eigenvalue weighted by Crippen LogP contribution is 2.50. The van der Waals surface area contributed by atoms with Gasteiger partial charge in [-0.05, 0) is 205 Å². The number of aliphatic hydroxyl groups excluding tert-OH is 1. The maximum absolute atomic E-state index is 11.7. The number of aromatic amines is 3. The number of aromatic nitrogens is 6. The van der Waals surface area contributed by atoms with Gasteiger partial charge in [-0.15, -0.1) is 0 Å². The second kappa shape index (κ2) is 21.9. The molecule has 0 aliphatic carbocycles. The summed E-state index contributed by atoms with van der Waals surface area (Å²) in [5.74, 6) is 0. The molecule has 7 heterocycles. The van der Waals surface area contributed by atoms with Crippen LogP contribution in [0.4, 0.5) is 0 Å². The third-order valence-electron chi connectivity index (χ3n) is 15.4. The van der Waals surface area contributed by atoms with E-state index in [1.165, 1.54) is 113 Å². The first-order chi connectivity index (χ1) is 38.3. The molecule has 0 amide bonds. The Balaban J connectivity index is 0.000000295. The molecule has 0 spiro atoms. The molecule has 3 aliphatic heterocycles. The molecule has 15 heteroatoms. The lowest BCUT2D eigenvalue weighted by atomic mass is 9.83. The van der Waals surface area contributed by atoms with Crippen molar-refractivity contribution < 1.29 is 28.7 Å². The van der Waals surface area contributed by atoms with E-state index in [1.54, 1.807) is 0 Å². The molecule has 1 fully saturated rings. The van der Waals surface area contributed by atoms with Crippen molar-refractivity contribution in [1.29, 1.82) is 0 Å². The van der Waals surface area contributed by atoms with E-state index in [-0.39, 0.29) is 6.42 Å². The van der Waals surface area contributed by atoms with Gasteiger partial charge < -0.3 is 29.6 Å². The standard InChI is InChI=1S/C56H54N4.C10H15N2O8P/c1-29-17-33(5)48(34(6)18-29)46-27-45-26-43-14-13-41(57-43)25-42-15-16-44(58-42)28-47-52(49-35(7)19-30(2)20-36(49)8)53(50-37(9)21-31(3)22-38(50)10)56(60-47)54(55(46)59-45)51-39(11)23-32(4)24-40(51)12;1-5-3-12(10(15)11-9(5)14)8-2-6(13)7(20-8)4-19-21(16,17)18/h13-28,57,60H,1-12H3;3,6-8,13H,2,4H2,1H3,(H,11,14,15)(H2,16,17,18)/t;6-,7+,8+/m.0/s1. The van der Waals surface area contributed by atoms with Crippen molar-refractivity contribution >= 4 is 53.7 Å². The Kier molecular flexibility index (Phi) is 15.3. The predicted octanol–water partition coefficient (Wildman–Crippen LogP) is 13.4. The summed E-state index contributed by atoms with van der Waals surface area (Å²) in [5, 5.41) is 9.79. The maximum Gasteiger partial charge on any atom is 0.469 e. The summed E-state index contributed by atoms with van der Waals surface area (Å²) in [6.45, 7) is 27.9. The lowest BCUT2D eigenvalue weighted by molar-refractivity contribution is -0.0451. The second-order valence-electron chi connectivity index (χ2n) is 22.4. The zero-order chi connectivity index (χ0) is 58.1. The minimum Gasteiger partial charge on any atom is -0.390 e. The molecule has 0 unspecified atom stereocenters. The molecule has 4 aromatic heterocycles.